The zero-order valence-corrected chi connectivity index (χ0v) is 13.6. The molecule has 22 heavy (non-hydrogen) atoms. The lowest BCUT2D eigenvalue weighted by Gasteiger charge is -2.35. The predicted molar refractivity (Wildman–Crippen MR) is 91.0 cm³/mol. The minimum atomic E-state index is -0.00221. The summed E-state index contributed by atoms with van der Waals surface area (Å²) in [6.07, 6.45) is 1.88. The van der Waals surface area contributed by atoms with E-state index in [0.717, 1.165) is 39.1 Å². The van der Waals surface area contributed by atoms with Crippen LogP contribution in [0.4, 0.5) is 0 Å². The molecule has 0 atom stereocenters. The van der Waals surface area contributed by atoms with Crippen LogP contribution in [-0.2, 0) is 11.3 Å². The number of hydrogen-bond donors (Lipinski definition) is 2. The Bertz CT molecular complexity index is 576. The van der Waals surface area contributed by atoms with E-state index in [1.54, 1.807) is 11.3 Å². The minimum absolute atomic E-state index is 0.00221. The summed E-state index contributed by atoms with van der Waals surface area (Å²) >= 11 is 1.79. The number of aliphatic hydroxyl groups excluding tert-OH is 1. The summed E-state index contributed by atoms with van der Waals surface area (Å²) in [6, 6.07) is 12.7. The summed E-state index contributed by atoms with van der Waals surface area (Å²) in [6.45, 7) is 3.48. The van der Waals surface area contributed by atoms with Crippen molar-refractivity contribution in [3.63, 3.8) is 0 Å². The number of nitrogens with one attached hydrogen (secondary N) is 1. The molecule has 0 amide bonds. The highest BCUT2D eigenvalue weighted by molar-refractivity contribution is 7.10. The Morgan fingerprint density at radius 3 is 2.64 bits per heavy atom. The Hall–Kier alpha value is -1.20. The van der Waals surface area contributed by atoms with Gasteiger partial charge >= 0.3 is 0 Å². The molecule has 0 spiro atoms. The first-order valence-corrected chi connectivity index (χ1v) is 8.71. The van der Waals surface area contributed by atoms with E-state index in [2.05, 4.69) is 41.0 Å². The van der Waals surface area contributed by atoms with Crippen LogP contribution < -0.4 is 5.32 Å². The fraction of sp³-hybridized carbons (Fsp3) is 0.444. The largest absolute Gasteiger partial charge is 0.396 e. The predicted octanol–water partition coefficient (Wildman–Crippen LogP) is 3.29. The third kappa shape index (κ3) is 3.76. The maximum atomic E-state index is 9.70. The fourth-order valence-electron chi connectivity index (χ4n) is 2.90. The number of thiophene rings is 1. The van der Waals surface area contributed by atoms with E-state index in [1.165, 1.54) is 16.0 Å². The van der Waals surface area contributed by atoms with Crippen LogP contribution in [-0.4, -0.2) is 31.5 Å². The molecule has 0 unspecified atom stereocenters. The molecular weight excluding hydrogens is 294 g/mol. The summed E-state index contributed by atoms with van der Waals surface area (Å²) < 4.78 is 5.41. The lowest BCUT2D eigenvalue weighted by Crippen LogP contribution is -2.41. The van der Waals surface area contributed by atoms with Crippen molar-refractivity contribution in [3.8, 4) is 11.1 Å². The Kier molecular flexibility index (Phi) is 5.26. The van der Waals surface area contributed by atoms with Gasteiger partial charge in [-0.15, -0.1) is 11.3 Å². The molecule has 0 saturated carbocycles. The van der Waals surface area contributed by atoms with E-state index in [9.17, 15) is 5.11 Å². The van der Waals surface area contributed by atoms with Crippen molar-refractivity contribution in [2.75, 3.05) is 26.4 Å². The van der Waals surface area contributed by atoms with Crippen LogP contribution in [0.1, 0.15) is 17.7 Å². The molecular formula is C18H23NO2S. The smallest absolute Gasteiger partial charge is 0.0501 e. The summed E-state index contributed by atoms with van der Waals surface area (Å²) in [5.74, 6) is 0. The summed E-state index contributed by atoms with van der Waals surface area (Å²) in [5.41, 5.74) is 2.55. The molecule has 0 radical (unpaired) electrons. The SMILES string of the molecule is OCC1(CNCc2cc(-c3ccccc3)cs2)CCOCC1. The quantitative estimate of drug-likeness (QED) is 0.859. The summed E-state index contributed by atoms with van der Waals surface area (Å²) in [7, 11) is 0. The van der Waals surface area contributed by atoms with Crippen molar-refractivity contribution in [2.45, 2.75) is 19.4 Å². The summed E-state index contributed by atoms with van der Waals surface area (Å²) in [5, 5.41) is 15.4. The molecule has 4 heteroatoms. The highest BCUT2D eigenvalue weighted by Crippen LogP contribution is 2.30. The van der Waals surface area contributed by atoms with E-state index in [0.29, 0.717) is 0 Å². The van der Waals surface area contributed by atoms with Crippen molar-refractivity contribution >= 4 is 11.3 Å². The van der Waals surface area contributed by atoms with Gasteiger partial charge < -0.3 is 15.2 Å². The van der Waals surface area contributed by atoms with Gasteiger partial charge in [0.15, 0.2) is 0 Å². The van der Waals surface area contributed by atoms with Gasteiger partial charge in [-0.05, 0) is 35.4 Å². The highest BCUT2D eigenvalue weighted by atomic mass is 32.1. The Morgan fingerprint density at radius 1 is 1.14 bits per heavy atom. The van der Waals surface area contributed by atoms with Crippen LogP contribution in [0.5, 0.6) is 0 Å². The zero-order chi connectivity index (χ0) is 15.3. The van der Waals surface area contributed by atoms with Crippen molar-refractivity contribution in [1.82, 2.24) is 5.32 Å². The monoisotopic (exact) mass is 317 g/mol. The molecule has 3 nitrogen and oxygen atoms in total. The molecule has 2 heterocycles. The number of hydrogen-bond acceptors (Lipinski definition) is 4. The van der Waals surface area contributed by atoms with Gasteiger partial charge in [0.25, 0.3) is 0 Å². The lowest BCUT2D eigenvalue weighted by molar-refractivity contribution is -0.0153. The third-order valence-electron chi connectivity index (χ3n) is 4.45. The molecule has 1 aliphatic rings. The molecule has 0 bridgehead atoms. The second-order valence-electron chi connectivity index (χ2n) is 6.04. The Balaban J connectivity index is 1.55. The first kappa shape index (κ1) is 15.7. The topological polar surface area (TPSA) is 41.5 Å². The molecule has 1 aliphatic heterocycles. The van der Waals surface area contributed by atoms with Gasteiger partial charge in [-0.3, -0.25) is 0 Å². The normalized spacial score (nSPS) is 17.5. The molecule has 118 valence electrons. The van der Waals surface area contributed by atoms with E-state index < -0.39 is 0 Å². The number of ether oxygens (including phenoxy) is 1. The highest BCUT2D eigenvalue weighted by Gasteiger charge is 2.31. The van der Waals surface area contributed by atoms with Crippen LogP contribution >= 0.6 is 11.3 Å². The van der Waals surface area contributed by atoms with E-state index in [4.69, 9.17) is 4.74 Å². The van der Waals surface area contributed by atoms with Gasteiger partial charge in [-0.2, -0.15) is 0 Å². The minimum Gasteiger partial charge on any atom is -0.396 e. The van der Waals surface area contributed by atoms with Crippen LogP contribution in [0, 0.1) is 5.41 Å². The van der Waals surface area contributed by atoms with Gasteiger partial charge in [0, 0.05) is 36.6 Å². The van der Waals surface area contributed by atoms with Gasteiger partial charge in [-0.1, -0.05) is 30.3 Å². The number of benzene rings is 1. The zero-order valence-electron chi connectivity index (χ0n) is 12.8. The molecule has 1 fully saturated rings. The van der Waals surface area contributed by atoms with Crippen LogP contribution in [0.15, 0.2) is 41.8 Å². The van der Waals surface area contributed by atoms with Crippen molar-refractivity contribution in [2.24, 2.45) is 5.41 Å². The van der Waals surface area contributed by atoms with Crippen LogP contribution in [0.25, 0.3) is 11.1 Å². The van der Waals surface area contributed by atoms with Crippen LogP contribution in [0.2, 0.25) is 0 Å². The second kappa shape index (κ2) is 7.38. The molecule has 2 N–H and O–H groups in total. The first-order chi connectivity index (χ1) is 10.8. The molecule has 0 aliphatic carbocycles. The van der Waals surface area contributed by atoms with Crippen LogP contribution in [0.3, 0.4) is 0 Å². The Morgan fingerprint density at radius 2 is 1.91 bits per heavy atom. The van der Waals surface area contributed by atoms with Crippen molar-refractivity contribution < 1.29 is 9.84 Å². The first-order valence-electron chi connectivity index (χ1n) is 7.83. The number of rotatable bonds is 6. The molecule has 1 aromatic carbocycles. The number of aliphatic hydroxyl groups is 1. The van der Waals surface area contributed by atoms with Gasteiger partial charge in [0.05, 0.1) is 6.61 Å². The lowest BCUT2D eigenvalue weighted by atomic mass is 9.81. The molecule has 3 rings (SSSR count). The van der Waals surface area contributed by atoms with Gasteiger partial charge in [0.1, 0.15) is 0 Å². The van der Waals surface area contributed by atoms with E-state index in [-0.39, 0.29) is 12.0 Å². The molecule has 2 aromatic rings. The maximum Gasteiger partial charge on any atom is 0.0501 e. The van der Waals surface area contributed by atoms with Gasteiger partial charge in [0.2, 0.25) is 0 Å². The fourth-order valence-corrected chi connectivity index (χ4v) is 3.76. The van der Waals surface area contributed by atoms with E-state index in [1.807, 2.05) is 6.07 Å². The molecule has 1 saturated heterocycles. The van der Waals surface area contributed by atoms with Crippen molar-refractivity contribution in [3.05, 3.63) is 46.7 Å². The average molecular weight is 317 g/mol. The third-order valence-corrected chi connectivity index (χ3v) is 5.39. The second-order valence-corrected chi connectivity index (χ2v) is 7.04. The summed E-state index contributed by atoms with van der Waals surface area (Å²) in [4.78, 5) is 1.33. The standard InChI is InChI=1S/C18H23NO2S/c20-14-18(6-8-21-9-7-18)13-19-11-17-10-16(12-22-17)15-4-2-1-3-5-15/h1-5,10,12,19-20H,6-9,11,13-14H2. The maximum absolute atomic E-state index is 9.70. The van der Waals surface area contributed by atoms with Gasteiger partial charge in [-0.25, -0.2) is 0 Å². The molecule has 1 aromatic heterocycles. The average Bonchev–Trinajstić information content (AvgIpc) is 3.05. The Labute approximate surface area is 136 Å². The van der Waals surface area contributed by atoms with E-state index >= 15 is 0 Å². The van der Waals surface area contributed by atoms with Crippen molar-refractivity contribution in [1.29, 1.82) is 0 Å².